The Kier molecular flexibility index (Phi) is 7.49. The number of benzene rings is 1. The maximum Gasteiger partial charge on any atom is 0.427 e. The summed E-state index contributed by atoms with van der Waals surface area (Å²) in [6.45, 7) is -0.171. The van der Waals surface area contributed by atoms with E-state index in [9.17, 15) is 22.4 Å². The predicted molar refractivity (Wildman–Crippen MR) is 118 cm³/mol. The third-order valence-corrected chi connectivity index (χ3v) is 6.91. The lowest BCUT2D eigenvalue weighted by Crippen LogP contribution is -2.50. The number of ether oxygens (including phenoxy) is 3. The summed E-state index contributed by atoms with van der Waals surface area (Å²) >= 11 is 0. The molecule has 1 aromatic heterocycles. The molecule has 2 fully saturated rings. The second-order valence-corrected chi connectivity index (χ2v) is 9.27. The Morgan fingerprint density at radius 2 is 1.83 bits per heavy atom. The highest BCUT2D eigenvalue weighted by Gasteiger charge is 2.48. The first kappa shape index (κ1) is 25.2. The fraction of sp³-hybridized carbons (Fsp3) is 0.520. The lowest BCUT2D eigenvalue weighted by molar-refractivity contribution is -0.220. The van der Waals surface area contributed by atoms with Crippen LogP contribution in [-0.2, 0) is 16.1 Å². The monoisotopic (exact) mass is 496 g/mol. The van der Waals surface area contributed by atoms with Gasteiger partial charge in [-0.15, -0.1) is 0 Å². The number of nitrogens with zero attached hydrogens (tertiary/aromatic N) is 2. The molecule has 2 heterocycles. The van der Waals surface area contributed by atoms with Crippen molar-refractivity contribution in [2.24, 2.45) is 5.41 Å². The summed E-state index contributed by atoms with van der Waals surface area (Å²) in [4.78, 5) is 18.0. The molecule has 10 heteroatoms. The molecule has 4 rings (SSSR count). The minimum atomic E-state index is -4.74. The van der Waals surface area contributed by atoms with Gasteiger partial charge in [0.1, 0.15) is 11.6 Å². The minimum absolute atomic E-state index is 0.0441. The molecule has 190 valence electrons. The SMILES string of the molecule is COc1ccc(COCC(OC(=O)N2CCC3(CC2)CC(c2ccc(F)cn2)C3)C(F)(F)F)cc1. The molecule has 6 nitrogen and oxygen atoms in total. The van der Waals surface area contributed by atoms with Gasteiger partial charge in [-0.3, -0.25) is 4.98 Å². The van der Waals surface area contributed by atoms with E-state index < -0.39 is 25.0 Å². The zero-order valence-corrected chi connectivity index (χ0v) is 19.4. The fourth-order valence-electron chi connectivity index (χ4n) is 4.79. The summed E-state index contributed by atoms with van der Waals surface area (Å²) in [5.41, 5.74) is 1.57. The zero-order valence-electron chi connectivity index (χ0n) is 19.4. The Labute approximate surface area is 201 Å². The highest BCUT2D eigenvalue weighted by Crippen LogP contribution is 2.56. The van der Waals surface area contributed by atoms with Gasteiger partial charge in [0.2, 0.25) is 6.10 Å². The zero-order chi connectivity index (χ0) is 25.1. The quantitative estimate of drug-likeness (QED) is 0.476. The first-order chi connectivity index (χ1) is 16.7. The van der Waals surface area contributed by atoms with Crippen LogP contribution in [0.3, 0.4) is 0 Å². The van der Waals surface area contributed by atoms with Crippen molar-refractivity contribution in [3.63, 3.8) is 0 Å². The number of rotatable bonds is 7. The van der Waals surface area contributed by atoms with Crippen molar-refractivity contribution in [1.29, 1.82) is 0 Å². The maximum absolute atomic E-state index is 13.5. The number of piperidine rings is 1. The van der Waals surface area contributed by atoms with Gasteiger partial charge in [-0.1, -0.05) is 12.1 Å². The topological polar surface area (TPSA) is 60.9 Å². The van der Waals surface area contributed by atoms with E-state index in [1.807, 2.05) is 0 Å². The Morgan fingerprint density at radius 1 is 1.14 bits per heavy atom. The second kappa shape index (κ2) is 10.4. The first-order valence-corrected chi connectivity index (χ1v) is 11.5. The molecule has 1 aromatic carbocycles. The van der Waals surface area contributed by atoms with E-state index in [1.165, 1.54) is 24.3 Å². The van der Waals surface area contributed by atoms with Crippen LogP contribution >= 0.6 is 0 Å². The smallest absolute Gasteiger partial charge is 0.427 e. The Balaban J connectivity index is 1.24. The summed E-state index contributed by atoms with van der Waals surface area (Å²) in [7, 11) is 1.52. The van der Waals surface area contributed by atoms with E-state index in [2.05, 4.69) is 4.98 Å². The second-order valence-electron chi connectivity index (χ2n) is 9.27. The molecule has 1 aliphatic carbocycles. The number of carbonyl (C=O) groups excluding carboxylic acids is 1. The van der Waals surface area contributed by atoms with Gasteiger partial charge in [0.15, 0.2) is 0 Å². The van der Waals surface area contributed by atoms with Crippen molar-refractivity contribution in [2.75, 3.05) is 26.8 Å². The highest BCUT2D eigenvalue weighted by molar-refractivity contribution is 5.68. The number of methoxy groups -OCH3 is 1. The lowest BCUT2D eigenvalue weighted by atomic mass is 9.57. The van der Waals surface area contributed by atoms with Crippen molar-refractivity contribution in [3.8, 4) is 5.75 Å². The molecule has 1 saturated heterocycles. The van der Waals surface area contributed by atoms with E-state index in [4.69, 9.17) is 14.2 Å². The molecule has 1 unspecified atom stereocenters. The highest BCUT2D eigenvalue weighted by atomic mass is 19.4. The van der Waals surface area contributed by atoms with Crippen LogP contribution in [0.2, 0.25) is 0 Å². The standard InChI is InChI=1S/C25H28F4N2O4/c1-33-20-5-2-17(3-6-20)15-34-16-22(25(27,28)29)35-23(32)31-10-8-24(9-11-31)12-18(13-24)21-7-4-19(26)14-30-21/h2-7,14,18,22H,8-13,15-16H2,1H3. The molecular weight excluding hydrogens is 468 g/mol. The van der Waals surface area contributed by atoms with Gasteiger partial charge < -0.3 is 19.1 Å². The summed E-state index contributed by atoms with van der Waals surface area (Å²) < 4.78 is 68.6. The number of hydrogen-bond acceptors (Lipinski definition) is 5. The van der Waals surface area contributed by atoms with Crippen LogP contribution in [0.4, 0.5) is 22.4 Å². The van der Waals surface area contributed by atoms with Crippen molar-refractivity contribution >= 4 is 6.09 Å². The Bertz CT molecular complexity index is 982. The van der Waals surface area contributed by atoms with Crippen LogP contribution in [0, 0.1) is 11.2 Å². The number of amides is 1. The molecular formula is C25H28F4N2O4. The van der Waals surface area contributed by atoms with E-state index in [-0.39, 0.29) is 23.8 Å². The van der Waals surface area contributed by atoms with E-state index >= 15 is 0 Å². The van der Waals surface area contributed by atoms with Gasteiger partial charge >= 0.3 is 12.3 Å². The van der Waals surface area contributed by atoms with Gasteiger partial charge in [0.05, 0.1) is 26.5 Å². The van der Waals surface area contributed by atoms with Crippen LogP contribution in [0.15, 0.2) is 42.6 Å². The first-order valence-electron chi connectivity index (χ1n) is 11.5. The summed E-state index contributed by atoms with van der Waals surface area (Å²) in [6, 6.07) is 9.83. The minimum Gasteiger partial charge on any atom is -0.497 e. The van der Waals surface area contributed by atoms with E-state index in [0.29, 0.717) is 37.2 Å². The lowest BCUT2D eigenvalue weighted by Gasteiger charge is -2.52. The van der Waals surface area contributed by atoms with Gasteiger partial charge in [-0.25, -0.2) is 9.18 Å². The van der Waals surface area contributed by atoms with Crippen molar-refractivity contribution in [1.82, 2.24) is 9.88 Å². The molecule has 1 atom stereocenters. The molecule has 0 radical (unpaired) electrons. The van der Waals surface area contributed by atoms with Gasteiger partial charge in [0, 0.05) is 24.7 Å². The largest absolute Gasteiger partial charge is 0.497 e. The number of hydrogen-bond donors (Lipinski definition) is 0. The summed E-state index contributed by atoms with van der Waals surface area (Å²) in [6.07, 6.45) is -3.74. The number of aromatic nitrogens is 1. The van der Waals surface area contributed by atoms with Crippen LogP contribution in [0.25, 0.3) is 0 Å². The molecule has 0 bridgehead atoms. The van der Waals surface area contributed by atoms with Crippen molar-refractivity contribution in [3.05, 3.63) is 59.7 Å². The molecule has 0 N–H and O–H groups in total. The molecule has 2 aromatic rings. The van der Waals surface area contributed by atoms with Crippen molar-refractivity contribution in [2.45, 2.75) is 50.5 Å². The predicted octanol–water partition coefficient (Wildman–Crippen LogP) is 5.47. The Morgan fingerprint density at radius 3 is 2.40 bits per heavy atom. The number of alkyl halides is 3. The average Bonchev–Trinajstić information content (AvgIpc) is 2.82. The molecule has 1 aliphatic heterocycles. The Hall–Kier alpha value is -2.88. The van der Waals surface area contributed by atoms with E-state index in [0.717, 1.165) is 18.5 Å². The molecule has 35 heavy (non-hydrogen) atoms. The fourth-order valence-corrected chi connectivity index (χ4v) is 4.79. The number of halogens is 4. The van der Waals surface area contributed by atoms with Crippen molar-refractivity contribution < 1.29 is 36.6 Å². The third kappa shape index (κ3) is 6.22. The van der Waals surface area contributed by atoms with E-state index in [1.54, 1.807) is 30.3 Å². The molecule has 1 saturated carbocycles. The number of carbonyl (C=O) groups is 1. The van der Waals surface area contributed by atoms with Crippen LogP contribution in [0.1, 0.15) is 42.9 Å². The molecule has 2 aliphatic rings. The summed E-state index contributed by atoms with van der Waals surface area (Å²) in [5, 5.41) is 0. The maximum atomic E-state index is 13.5. The molecule has 1 spiro atoms. The van der Waals surface area contributed by atoms with Crippen LogP contribution in [0.5, 0.6) is 5.75 Å². The van der Waals surface area contributed by atoms with Gasteiger partial charge in [0.25, 0.3) is 0 Å². The molecule has 1 amide bonds. The van der Waals surface area contributed by atoms with Crippen LogP contribution < -0.4 is 4.74 Å². The van der Waals surface area contributed by atoms with Gasteiger partial charge in [-0.2, -0.15) is 13.2 Å². The third-order valence-electron chi connectivity index (χ3n) is 6.91. The normalized spacial score (nSPS) is 18.7. The van der Waals surface area contributed by atoms with Crippen LogP contribution in [-0.4, -0.2) is 55.1 Å². The average molecular weight is 497 g/mol. The number of likely N-dealkylation sites (tertiary alicyclic amines) is 1. The van der Waals surface area contributed by atoms with Gasteiger partial charge in [-0.05, 0) is 60.9 Å². The number of pyridine rings is 1. The summed E-state index contributed by atoms with van der Waals surface area (Å²) in [5.74, 6) is 0.494.